The van der Waals surface area contributed by atoms with Crippen LogP contribution >= 0.6 is 0 Å². The minimum absolute atomic E-state index is 0.0817. The van der Waals surface area contributed by atoms with Gasteiger partial charge in [-0.2, -0.15) is 10.1 Å². The lowest BCUT2D eigenvalue weighted by Gasteiger charge is -2.11. The molecule has 8 heteroatoms. The van der Waals surface area contributed by atoms with Crippen molar-refractivity contribution in [3.8, 4) is 0 Å². The van der Waals surface area contributed by atoms with Crippen LogP contribution in [0.4, 0.5) is 0 Å². The molecule has 2 rings (SSSR count). The number of nitrogens with one attached hydrogen (secondary N) is 2. The van der Waals surface area contributed by atoms with Gasteiger partial charge in [-0.25, -0.2) is 5.43 Å². The highest BCUT2D eigenvalue weighted by Gasteiger charge is 2.13. The van der Waals surface area contributed by atoms with Crippen LogP contribution < -0.4 is 10.7 Å². The lowest BCUT2D eigenvalue weighted by Crippen LogP contribution is -2.27. The van der Waals surface area contributed by atoms with Gasteiger partial charge in [0, 0.05) is 25.0 Å². The van der Waals surface area contributed by atoms with Crippen molar-refractivity contribution >= 4 is 17.5 Å². The third-order valence-corrected chi connectivity index (χ3v) is 3.16. The number of nitrogens with zero attached hydrogens (tertiary/aromatic N) is 3. The van der Waals surface area contributed by atoms with E-state index in [0.717, 1.165) is 12.1 Å². The Kier molecular flexibility index (Phi) is 5.62. The summed E-state index contributed by atoms with van der Waals surface area (Å²) >= 11 is 0. The standard InChI is InChI=1S/C14H21N5O3/c1-9(2)7-11-16-14(22-19-11)8-15-12(20)5-3-10-4-6-13(21)18-17-10/h9H,3-8H2,1-2H3,(H,15,20)(H,18,21). The van der Waals surface area contributed by atoms with Crippen LogP contribution in [-0.2, 0) is 22.6 Å². The largest absolute Gasteiger partial charge is 0.347 e. The molecule has 0 saturated carbocycles. The van der Waals surface area contributed by atoms with Gasteiger partial charge in [-0.1, -0.05) is 19.0 Å². The van der Waals surface area contributed by atoms with E-state index in [1.165, 1.54) is 0 Å². The summed E-state index contributed by atoms with van der Waals surface area (Å²) in [5.41, 5.74) is 3.26. The first-order valence-electron chi connectivity index (χ1n) is 7.45. The number of amides is 2. The zero-order valence-corrected chi connectivity index (χ0v) is 12.9. The summed E-state index contributed by atoms with van der Waals surface area (Å²) in [6, 6.07) is 0. The fourth-order valence-electron chi connectivity index (χ4n) is 2.02. The molecule has 0 aromatic carbocycles. The molecule has 1 aliphatic heterocycles. The first-order chi connectivity index (χ1) is 10.5. The Morgan fingerprint density at radius 2 is 2.23 bits per heavy atom. The second-order valence-corrected chi connectivity index (χ2v) is 5.69. The number of carbonyl (C=O) groups excluding carboxylic acids is 2. The molecule has 0 aliphatic carbocycles. The van der Waals surface area contributed by atoms with E-state index in [1.807, 2.05) is 0 Å². The predicted molar refractivity (Wildman–Crippen MR) is 78.7 cm³/mol. The number of hydrogen-bond acceptors (Lipinski definition) is 6. The van der Waals surface area contributed by atoms with Crippen LogP contribution in [0, 0.1) is 5.92 Å². The third-order valence-electron chi connectivity index (χ3n) is 3.16. The van der Waals surface area contributed by atoms with E-state index in [1.54, 1.807) is 0 Å². The first kappa shape index (κ1) is 16.1. The minimum atomic E-state index is -0.108. The first-order valence-corrected chi connectivity index (χ1v) is 7.45. The maximum absolute atomic E-state index is 11.8. The van der Waals surface area contributed by atoms with Gasteiger partial charge in [0.2, 0.25) is 17.7 Å². The molecule has 1 aromatic rings. The van der Waals surface area contributed by atoms with Crippen LogP contribution in [0.1, 0.15) is 51.2 Å². The average Bonchev–Trinajstić information content (AvgIpc) is 2.91. The van der Waals surface area contributed by atoms with Crippen LogP contribution in [0.25, 0.3) is 0 Å². The molecule has 0 spiro atoms. The number of carbonyl (C=O) groups is 2. The van der Waals surface area contributed by atoms with E-state index in [-0.39, 0.29) is 18.4 Å². The van der Waals surface area contributed by atoms with Crippen LogP contribution in [0.15, 0.2) is 9.62 Å². The quantitative estimate of drug-likeness (QED) is 0.778. The summed E-state index contributed by atoms with van der Waals surface area (Å²) in [4.78, 5) is 26.9. The van der Waals surface area contributed by atoms with E-state index in [4.69, 9.17) is 4.52 Å². The van der Waals surface area contributed by atoms with E-state index in [9.17, 15) is 9.59 Å². The van der Waals surface area contributed by atoms with Crippen molar-refractivity contribution in [3.05, 3.63) is 11.7 Å². The molecule has 2 amide bonds. The van der Waals surface area contributed by atoms with Crippen molar-refractivity contribution in [2.75, 3.05) is 0 Å². The second-order valence-electron chi connectivity index (χ2n) is 5.69. The molecule has 0 radical (unpaired) electrons. The second kappa shape index (κ2) is 7.67. The van der Waals surface area contributed by atoms with E-state index in [2.05, 4.69) is 39.8 Å². The molecule has 0 bridgehead atoms. The highest BCUT2D eigenvalue weighted by atomic mass is 16.5. The van der Waals surface area contributed by atoms with Crippen molar-refractivity contribution in [3.63, 3.8) is 0 Å². The molecule has 120 valence electrons. The topological polar surface area (TPSA) is 109 Å². The van der Waals surface area contributed by atoms with E-state index >= 15 is 0 Å². The maximum Gasteiger partial charge on any atom is 0.246 e. The van der Waals surface area contributed by atoms with Gasteiger partial charge in [0.15, 0.2) is 5.82 Å². The predicted octanol–water partition coefficient (Wildman–Crippen LogP) is 0.930. The molecule has 0 atom stereocenters. The Hall–Kier alpha value is -2.25. The molecule has 22 heavy (non-hydrogen) atoms. The zero-order valence-electron chi connectivity index (χ0n) is 12.9. The molecular weight excluding hydrogens is 286 g/mol. The Morgan fingerprint density at radius 1 is 1.41 bits per heavy atom. The van der Waals surface area contributed by atoms with Crippen molar-refractivity contribution in [1.29, 1.82) is 0 Å². The summed E-state index contributed by atoms with van der Waals surface area (Å²) in [7, 11) is 0. The number of hydrazone groups is 1. The van der Waals surface area contributed by atoms with Crippen molar-refractivity contribution in [2.45, 2.75) is 52.5 Å². The summed E-state index contributed by atoms with van der Waals surface area (Å²) in [6.07, 6.45) is 2.65. The fourth-order valence-corrected chi connectivity index (χ4v) is 2.02. The van der Waals surface area contributed by atoms with E-state index in [0.29, 0.717) is 43.3 Å². The average molecular weight is 307 g/mol. The van der Waals surface area contributed by atoms with Crippen LogP contribution in [-0.4, -0.2) is 27.7 Å². The molecule has 8 nitrogen and oxygen atoms in total. The SMILES string of the molecule is CC(C)Cc1noc(CNC(=O)CCC2=NNC(=O)CC2)n1. The number of rotatable bonds is 7. The van der Waals surface area contributed by atoms with Gasteiger partial charge >= 0.3 is 0 Å². The lowest BCUT2D eigenvalue weighted by atomic mass is 10.1. The van der Waals surface area contributed by atoms with Gasteiger partial charge in [-0.05, 0) is 18.8 Å². The molecule has 0 unspecified atom stereocenters. The summed E-state index contributed by atoms with van der Waals surface area (Å²) < 4.78 is 5.08. The van der Waals surface area contributed by atoms with Gasteiger partial charge in [-0.15, -0.1) is 0 Å². The maximum atomic E-state index is 11.8. The summed E-state index contributed by atoms with van der Waals surface area (Å²) in [6.45, 7) is 4.38. The Balaban J connectivity index is 1.69. The Labute approximate surface area is 128 Å². The normalized spacial score (nSPS) is 14.7. The minimum Gasteiger partial charge on any atom is -0.347 e. The number of hydrogen-bond donors (Lipinski definition) is 2. The monoisotopic (exact) mass is 307 g/mol. The van der Waals surface area contributed by atoms with Crippen molar-refractivity contribution in [1.82, 2.24) is 20.9 Å². The van der Waals surface area contributed by atoms with Crippen molar-refractivity contribution < 1.29 is 14.1 Å². The van der Waals surface area contributed by atoms with Crippen molar-refractivity contribution in [2.24, 2.45) is 11.0 Å². The summed E-state index contributed by atoms with van der Waals surface area (Å²) in [5, 5.41) is 10.5. The molecule has 2 N–H and O–H groups in total. The summed E-state index contributed by atoms with van der Waals surface area (Å²) in [5.74, 6) is 1.33. The number of aromatic nitrogens is 2. The third kappa shape index (κ3) is 5.27. The molecule has 2 heterocycles. The van der Waals surface area contributed by atoms with Crippen LogP contribution in [0.5, 0.6) is 0 Å². The van der Waals surface area contributed by atoms with Gasteiger partial charge in [-0.3, -0.25) is 9.59 Å². The highest BCUT2D eigenvalue weighted by Crippen LogP contribution is 2.06. The van der Waals surface area contributed by atoms with Gasteiger partial charge in [0.25, 0.3) is 0 Å². The smallest absolute Gasteiger partial charge is 0.246 e. The highest BCUT2D eigenvalue weighted by molar-refractivity contribution is 5.94. The van der Waals surface area contributed by atoms with Crippen LogP contribution in [0.3, 0.4) is 0 Å². The van der Waals surface area contributed by atoms with Crippen LogP contribution in [0.2, 0.25) is 0 Å². The Morgan fingerprint density at radius 3 is 2.91 bits per heavy atom. The Bertz CT molecular complexity index is 565. The molecular formula is C14H21N5O3. The van der Waals surface area contributed by atoms with Gasteiger partial charge < -0.3 is 9.84 Å². The molecule has 0 fully saturated rings. The van der Waals surface area contributed by atoms with E-state index < -0.39 is 0 Å². The van der Waals surface area contributed by atoms with Gasteiger partial charge in [0.05, 0.1) is 6.54 Å². The molecule has 1 aliphatic rings. The molecule has 1 aromatic heterocycles. The zero-order chi connectivity index (χ0) is 15.9. The van der Waals surface area contributed by atoms with Gasteiger partial charge in [0.1, 0.15) is 0 Å². The lowest BCUT2D eigenvalue weighted by molar-refractivity contribution is -0.121. The molecule has 0 saturated heterocycles. The fraction of sp³-hybridized carbons (Fsp3) is 0.643.